The molecule has 4 rings (SSSR count). The monoisotopic (exact) mass is 382 g/mol. The number of hydrogen-bond donors (Lipinski definition) is 1. The van der Waals surface area contributed by atoms with Crippen molar-refractivity contribution < 1.29 is 4.79 Å². The van der Waals surface area contributed by atoms with Crippen LogP contribution in [-0.4, -0.2) is 10.8 Å². The van der Waals surface area contributed by atoms with E-state index in [1.165, 1.54) is 0 Å². The van der Waals surface area contributed by atoms with Crippen LogP contribution >= 0.6 is 23.2 Å². The van der Waals surface area contributed by atoms with Crippen molar-refractivity contribution in [3.05, 3.63) is 99.5 Å². The molecule has 0 unspecified atom stereocenters. The molecule has 1 atom stereocenters. The molecular weight excluding hydrogens is 367 g/mol. The predicted molar refractivity (Wildman–Crippen MR) is 106 cm³/mol. The van der Waals surface area contributed by atoms with Gasteiger partial charge < -0.3 is 10.2 Å². The number of amides is 1. The number of benzene rings is 3. The molecule has 5 heteroatoms. The second-order valence-electron chi connectivity index (χ2n) is 6.21. The van der Waals surface area contributed by atoms with Crippen molar-refractivity contribution in [1.82, 2.24) is 4.90 Å². The second-order valence-corrected chi connectivity index (χ2v) is 7.08. The van der Waals surface area contributed by atoms with Crippen molar-refractivity contribution in [2.24, 2.45) is 0 Å². The van der Waals surface area contributed by atoms with E-state index in [0.29, 0.717) is 22.2 Å². The molecule has 0 aromatic heterocycles. The summed E-state index contributed by atoms with van der Waals surface area (Å²) >= 11 is 12.3. The van der Waals surface area contributed by atoms with Crippen LogP contribution < -0.4 is 5.32 Å². The zero-order valence-electron chi connectivity index (χ0n) is 13.8. The molecule has 0 fully saturated rings. The van der Waals surface area contributed by atoms with Crippen LogP contribution in [0, 0.1) is 0 Å². The summed E-state index contributed by atoms with van der Waals surface area (Å²) in [4.78, 5) is 14.8. The summed E-state index contributed by atoms with van der Waals surface area (Å²) in [5, 5.41) is 4.51. The van der Waals surface area contributed by atoms with E-state index in [2.05, 4.69) is 5.32 Å². The lowest BCUT2D eigenvalue weighted by Gasteiger charge is -2.27. The minimum Gasteiger partial charge on any atom is -0.361 e. The van der Waals surface area contributed by atoms with E-state index in [9.17, 15) is 4.79 Å². The molecule has 0 aliphatic carbocycles. The Balaban J connectivity index is 1.71. The molecule has 1 heterocycles. The Morgan fingerprint density at radius 2 is 1.54 bits per heavy atom. The highest BCUT2D eigenvalue weighted by Gasteiger charge is 2.36. The number of halogens is 2. The SMILES string of the molecule is O=C1c2ccccc2[C@@H](Nc2cc(Cl)cc(Cl)c2)N1Cc1ccccc1. The number of carbonyl (C=O) groups excluding carboxylic acids is 1. The maximum Gasteiger partial charge on any atom is 0.256 e. The molecule has 1 aliphatic heterocycles. The number of nitrogens with zero attached hydrogens (tertiary/aromatic N) is 1. The van der Waals surface area contributed by atoms with Crippen LogP contribution in [0.2, 0.25) is 10.0 Å². The Morgan fingerprint density at radius 3 is 2.27 bits per heavy atom. The normalized spacial score (nSPS) is 15.8. The molecule has 3 aromatic carbocycles. The average Bonchev–Trinajstić information content (AvgIpc) is 2.88. The number of nitrogens with one attached hydrogen (secondary N) is 1. The quantitative estimate of drug-likeness (QED) is 0.621. The molecule has 0 radical (unpaired) electrons. The Hall–Kier alpha value is -2.49. The fourth-order valence-corrected chi connectivity index (χ4v) is 3.79. The third kappa shape index (κ3) is 3.28. The first kappa shape index (κ1) is 17.0. The van der Waals surface area contributed by atoms with E-state index >= 15 is 0 Å². The molecule has 0 saturated heterocycles. The Labute approximate surface area is 162 Å². The van der Waals surface area contributed by atoms with Crippen molar-refractivity contribution in [3.63, 3.8) is 0 Å². The predicted octanol–water partition coefficient (Wildman–Crippen LogP) is 5.76. The molecule has 0 saturated carbocycles. The molecule has 1 amide bonds. The summed E-state index contributed by atoms with van der Waals surface area (Å²) in [5.74, 6) is 0.00933. The average molecular weight is 383 g/mol. The van der Waals surface area contributed by atoms with Crippen LogP contribution in [0.4, 0.5) is 5.69 Å². The molecular formula is C21H16Cl2N2O. The van der Waals surface area contributed by atoms with E-state index in [0.717, 1.165) is 16.8 Å². The van der Waals surface area contributed by atoms with Crippen molar-refractivity contribution in [2.45, 2.75) is 12.7 Å². The van der Waals surface area contributed by atoms with E-state index in [1.807, 2.05) is 59.5 Å². The Bertz CT molecular complexity index is 939. The molecule has 1 aliphatic rings. The van der Waals surface area contributed by atoms with Gasteiger partial charge in [0, 0.05) is 33.4 Å². The van der Waals surface area contributed by atoms with Crippen molar-refractivity contribution in [1.29, 1.82) is 0 Å². The molecule has 3 aromatic rings. The van der Waals surface area contributed by atoms with Gasteiger partial charge >= 0.3 is 0 Å². The maximum absolute atomic E-state index is 13.0. The first-order chi connectivity index (χ1) is 12.6. The van der Waals surface area contributed by atoms with Crippen LogP contribution in [0.3, 0.4) is 0 Å². The summed E-state index contributed by atoms with van der Waals surface area (Å²) in [6, 6.07) is 22.9. The minimum absolute atomic E-state index is 0.00933. The first-order valence-corrected chi connectivity index (χ1v) is 9.04. The van der Waals surface area contributed by atoms with E-state index < -0.39 is 0 Å². The lowest BCUT2D eigenvalue weighted by Crippen LogP contribution is -2.31. The highest BCUT2D eigenvalue weighted by atomic mass is 35.5. The third-order valence-corrected chi connectivity index (χ3v) is 4.86. The van der Waals surface area contributed by atoms with Gasteiger partial charge in [-0.05, 0) is 29.8 Å². The maximum atomic E-state index is 13.0. The highest BCUT2D eigenvalue weighted by Crippen LogP contribution is 2.36. The van der Waals surface area contributed by atoms with Crippen LogP contribution in [0.5, 0.6) is 0 Å². The highest BCUT2D eigenvalue weighted by molar-refractivity contribution is 6.35. The largest absolute Gasteiger partial charge is 0.361 e. The fraction of sp³-hybridized carbons (Fsp3) is 0.0952. The molecule has 3 nitrogen and oxygen atoms in total. The van der Waals surface area contributed by atoms with Gasteiger partial charge in [0.2, 0.25) is 0 Å². The first-order valence-electron chi connectivity index (χ1n) is 8.28. The van der Waals surface area contributed by atoms with Gasteiger partial charge in [-0.1, -0.05) is 71.7 Å². The third-order valence-electron chi connectivity index (χ3n) is 4.42. The summed E-state index contributed by atoms with van der Waals surface area (Å²) in [7, 11) is 0. The molecule has 0 bridgehead atoms. The van der Waals surface area contributed by atoms with Crippen LogP contribution in [0.25, 0.3) is 0 Å². The number of fused-ring (bicyclic) bond motifs is 1. The zero-order chi connectivity index (χ0) is 18.1. The smallest absolute Gasteiger partial charge is 0.256 e. The van der Waals surface area contributed by atoms with Gasteiger partial charge in [0.15, 0.2) is 0 Å². The molecule has 26 heavy (non-hydrogen) atoms. The van der Waals surface area contributed by atoms with Crippen LogP contribution in [0.1, 0.15) is 27.7 Å². The van der Waals surface area contributed by atoms with Gasteiger partial charge in [-0.15, -0.1) is 0 Å². The molecule has 1 N–H and O–H groups in total. The van der Waals surface area contributed by atoms with E-state index in [-0.39, 0.29) is 12.1 Å². The summed E-state index contributed by atoms with van der Waals surface area (Å²) in [6.45, 7) is 0.514. The molecule has 0 spiro atoms. The van der Waals surface area contributed by atoms with Crippen LogP contribution in [0.15, 0.2) is 72.8 Å². The van der Waals surface area contributed by atoms with Crippen molar-refractivity contribution in [3.8, 4) is 0 Å². The molecule has 130 valence electrons. The van der Waals surface area contributed by atoms with Gasteiger partial charge in [-0.3, -0.25) is 4.79 Å². The van der Waals surface area contributed by atoms with Gasteiger partial charge in [-0.25, -0.2) is 0 Å². The summed E-state index contributed by atoms with van der Waals surface area (Å²) < 4.78 is 0. The number of carbonyl (C=O) groups is 1. The van der Waals surface area contributed by atoms with Gasteiger partial charge in [0.1, 0.15) is 6.17 Å². The standard InChI is InChI=1S/C21H16Cl2N2O/c22-15-10-16(23)12-17(11-15)24-20-18-8-4-5-9-19(18)21(26)25(20)13-14-6-2-1-3-7-14/h1-12,20,24H,13H2/t20-/m0/s1. The van der Waals surface area contributed by atoms with E-state index in [1.54, 1.807) is 18.2 Å². The zero-order valence-corrected chi connectivity index (χ0v) is 15.3. The summed E-state index contributed by atoms with van der Waals surface area (Å²) in [5.41, 5.74) is 3.51. The lowest BCUT2D eigenvalue weighted by molar-refractivity contribution is 0.0729. The topological polar surface area (TPSA) is 32.3 Å². The van der Waals surface area contributed by atoms with E-state index in [4.69, 9.17) is 23.2 Å². The number of rotatable bonds is 4. The van der Waals surface area contributed by atoms with Gasteiger partial charge in [-0.2, -0.15) is 0 Å². The second kappa shape index (κ2) is 7.02. The number of hydrogen-bond acceptors (Lipinski definition) is 2. The van der Waals surface area contributed by atoms with Crippen LogP contribution in [-0.2, 0) is 6.54 Å². The van der Waals surface area contributed by atoms with Crippen molar-refractivity contribution in [2.75, 3.05) is 5.32 Å². The van der Waals surface area contributed by atoms with Crippen molar-refractivity contribution >= 4 is 34.8 Å². The van der Waals surface area contributed by atoms with Gasteiger partial charge in [0.05, 0.1) is 0 Å². The lowest BCUT2D eigenvalue weighted by atomic mass is 10.1. The number of anilines is 1. The Kier molecular flexibility index (Phi) is 4.58. The minimum atomic E-state index is -0.284. The fourth-order valence-electron chi connectivity index (χ4n) is 3.26. The summed E-state index contributed by atoms with van der Waals surface area (Å²) in [6.07, 6.45) is -0.284. The van der Waals surface area contributed by atoms with Gasteiger partial charge in [0.25, 0.3) is 5.91 Å². The Morgan fingerprint density at radius 1 is 0.885 bits per heavy atom.